The summed E-state index contributed by atoms with van der Waals surface area (Å²) in [4.78, 5) is 52.4. The minimum Gasteiger partial charge on any atom is -0.468 e. The Labute approximate surface area is 395 Å². The van der Waals surface area contributed by atoms with E-state index in [9.17, 15) is 19.5 Å². The molecule has 8 bridgehead atoms. The van der Waals surface area contributed by atoms with Gasteiger partial charge in [0.25, 0.3) is 0 Å². The fourth-order valence-corrected chi connectivity index (χ4v) is 10.2. The molecule has 12 heteroatoms. The first-order valence-electron chi connectivity index (χ1n) is 24.0. The zero-order chi connectivity index (χ0) is 48.3. The number of carbonyl (C=O) groups is 3. The Morgan fingerprint density at radius 2 is 1.79 bits per heavy atom. The van der Waals surface area contributed by atoms with Crippen LogP contribution in [0.5, 0.6) is 0 Å². The summed E-state index contributed by atoms with van der Waals surface area (Å²) in [5, 5.41) is 15.7. The molecule has 3 aromatic heterocycles. The van der Waals surface area contributed by atoms with Crippen molar-refractivity contribution in [3.05, 3.63) is 120 Å². The molecule has 0 saturated carbocycles. The predicted octanol–water partition coefficient (Wildman–Crippen LogP) is 8.02. The number of hydrogen-bond donors (Lipinski definition) is 6. The summed E-state index contributed by atoms with van der Waals surface area (Å²) < 4.78 is 16.5. The number of Topliss-reactive ketones (excluding diaryl/α,β-unsaturated/α-hetero) is 1. The molecule has 0 spiro atoms. The largest absolute Gasteiger partial charge is 0.468 e. The molecule has 0 unspecified atom stereocenters. The van der Waals surface area contributed by atoms with Crippen LogP contribution in [0.3, 0.4) is 0 Å². The number of aromatic amines is 3. The van der Waals surface area contributed by atoms with Crippen LogP contribution in [0.4, 0.5) is 0 Å². The number of methoxy groups -OCH3 is 1. The third-order valence-electron chi connectivity index (χ3n) is 14.5. The number of allylic oxidation sites excluding steroid dienone is 4. The number of fused-ring (bicyclic) bond motifs is 7. The van der Waals surface area contributed by atoms with Crippen LogP contribution in [0.15, 0.2) is 53.5 Å². The molecule has 1 aliphatic carbocycles. The van der Waals surface area contributed by atoms with Crippen molar-refractivity contribution in [3.63, 3.8) is 0 Å². The average molecular weight is 914 g/mol. The molecule has 4 aliphatic rings. The molecule has 6 heterocycles. The summed E-state index contributed by atoms with van der Waals surface area (Å²) in [6.45, 7) is 21.7. The van der Waals surface area contributed by atoms with Gasteiger partial charge in [-0.2, -0.15) is 0 Å². The molecule has 2 fully saturated rings. The van der Waals surface area contributed by atoms with Gasteiger partial charge < -0.3 is 45.3 Å². The van der Waals surface area contributed by atoms with E-state index in [1.54, 1.807) is 0 Å². The number of ketones is 1. The normalized spacial score (nSPS) is 24.9. The maximum atomic E-state index is 14.4. The quantitative estimate of drug-likeness (QED) is 0.0300. The number of rotatable bonds is 19. The van der Waals surface area contributed by atoms with Gasteiger partial charge in [0, 0.05) is 98.8 Å². The lowest BCUT2D eigenvalue weighted by Gasteiger charge is -2.19. The average Bonchev–Trinajstić information content (AvgIpc) is 3.48. The van der Waals surface area contributed by atoms with Crippen LogP contribution in [0.25, 0.3) is 29.9 Å². The summed E-state index contributed by atoms with van der Waals surface area (Å²) in [7, 11) is 1.30. The Kier molecular flexibility index (Phi) is 15.1. The topological polar surface area (TPSA) is 188 Å². The second kappa shape index (κ2) is 20.6. The number of nitrogens with two attached hydrogens (primary N) is 1. The maximum absolute atomic E-state index is 14.4. The first-order valence-corrected chi connectivity index (χ1v) is 24.0. The minimum absolute atomic E-state index is 0.0226. The molecule has 3 aliphatic heterocycles. The van der Waals surface area contributed by atoms with Gasteiger partial charge in [-0.1, -0.05) is 63.6 Å². The number of aromatic nitrogens is 3. The molecule has 0 aromatic carbocycles. The number of aliphatic hydroxyl groups is 1. The van der Waals surface area contributed by atoms with Crippen LogP contribution in [0, 0.1) is 50.4 Å². The van der Waals surface area contributed by atoms with Gasteiger partial charge in [-0.3, -0.25) is 14.4 Å². The van der Waals surface area contributed by atoms with Gasteiger partial charge in [-0.05, 0) is 119 Å². The first-order chi connectivity index (χ1) is 32.0. The molecule has 67 heavy (non-hydrogen) atoms. The number of aliphatic hydroxyl groups excluding tert-OH is 1. The number of ether oxygens (including phenoxy) is 3. The number of nitrogens with one attached hydrogen (secondary N) is 4. The van der Waals surface area contributed by atoms with E-state index in [4.69, 9.17) is 19.9 Å². The third kappa shape index (κ3) is 10.5. The van der Waals surface area contributed by atoms with Gasteiger partial charge in [-0.25, -0.2) is 0 Å². The number of hydrogen-bond acceptors (Lipinski definition) is 9. The SMILES string of the molecule is C=Cc1c2[nH]c(c1C)/C=C1\N/C(=C3\c4[nH]c(c(C)c4C(=O)[C@@H]3C(=O)OC)/C=c3\[nH]/c(c(C)c3CC)=C\2)[C@@H](CCC(=O)OC/C=C(\C)C/C(N)=C/[C@H](CO)CCC[C@H](C)/C=C/C[C@@]2(C)CO2)[C@@H]1C. The minimum atomic E-state index is -1.18. The predicted molar refractivity (Wildman–Crippen MR) is 266 cm³/mol. The van der Waals surface area contributed by atoms with Crippen molar-refractivity contribution >= 4 is 47.6 Å². The molecular formula is C55H71N5O7. The van der Waals surface area contributed by atoms with Crippen LogP contribution < -0.4 is 21.7 Å². The fraction of sp³-hybridized carbons (Fsp3) is 0.473. The molecule has 12 nitrogen and oxygen atoms in total. The first kappa shape index (κ1) is 49.1. The van der Waals surface area contributed by atoms with E-state index >= 15 is 0 Å². The van der Waals surface area contributed by atoms with Gasteiger partial charge in [0.15, 0.2) is 5.78 Å². The van der Waals surface area contributed by atoms with Crippen LogP contribution in [0.1, 0.15) is 141 Å². The Morgan fingerprint density at radius 1 is 1.06 bits per heavy atom. The van der Waals surface area contributed by atoms with Crippen molar-refractivity contribution < 1.29 is 33.7 Å². The van der Waals surface area contributed by atoms with Gasteiger partial charge >= 0.3 is 11.9 Å². The van der Waals surface area contributed by atoms with Gasteiger partial charge in [0.05, 0.1) is 25.0 Å². The summed E-state index contributed by atoms with van der Waals surface area (Å²) in [5.41, 5.74) is 19.0. The Bertz CT molecular complexity index is 2710. The summed E-state index contributed by atoms with van der Waals surface area (Å²) in [6, 6.07) is 0. The van der Waals surface area contributed by atoms with Gasteiger partial charge in [0.2, 0.25) is 0 Å². The lowest BCUT2D eigenvalue weighted by Crippen LogP contribution is -2.25. The molecule has 0 radical (unpaired) electrons. The highest BCUT2D eigenvalue weighted by Crippen LogP contribution is 2.48. The van der Waals surface area contributed by atoms with E-state index in [0.29, 0.717) is 47.0 Å². The summed E-state index contributed by atoms with van der Waals surface area (Å²) in [5.74, 6) is -2.47. The monoisotopic (exact) mass is 914 g/mol. The van der Waals surface area contributed by atoms with Crippen LogP contribution in [0.2, 0.25) is 0 Å². The Hall–Kier alpha value is -5.85. The number of esters is 2. The molecule has 7 N–H and O–H groups in total. The zero-order valence-electron chi connectivity index (χ0n) is 41.0. The standard InChI is InChI=1S/C55H71N5O7/c1-11-38-32(5)41-25-43-34(7)40(18-19-47(62)66-22-20-31(4)23-37(56)24-36(28-61)17-13-15-30(3)16-14-21-55(9)29-67-55)51(59-43)49-50(54(64)65-10)53(63)48-35(8)44(60-52(48)49)27-46-39(12-2)33(6)42(58-46)26-45(38)57-41/h11,14,16,20,24-27,30,34,36,40,50,57-61H,1,12-13,15,17-19,21-23,28-29,56H2,2-10H3/b16-14+,31-20+,37-24-,42-26-,43-25-,46-27-,51-49-/t30-,34-,36+,40-,50+,55-/m0/s1. The lowest BCUT2D eigenvalue weighted by molar-refractivity contribution is -0.143. The zero-order valence-corrected chi connectivity index (χ0v) is 41.0. The third-order valence-corrected chi connectivity index (χ3v) is 14.5. The molecule has 3 aromatic rings. The van der Waals surface area contributed by atoms with E-state index in [0.717, 1.165) is 106 Å². The van der Waals surface area contributed by atoms with Crippen LogP contribution in [-0.4, -0.2) is 70.3 Å². The molecule has 358 valence electrons. The molecular weight excluding hydrogens is 843 g/mol. The van der Waals surface area contributed by atoms with E-state index in [1.165, 1.54) is 7.11 Å². The molecule has 0 amide bonds. The van der Waals surface area contributed by atoms with Crippen LogP contribution >= 0.6 is 0 Å². The number of epoxide rings is 1. The van der Waals surface area contributed by atoms with Crippen molar-refractivity contribution in [2.75, 3.05) is 26.9 Å². The smallest absolute Gasteiger partial charge is 0.321 e. The van der Waals surface area contributed by atoms with Crippen molar-refractivity contribution in [1.29, 1.82) is 0 Å². The van der Waals surface area contributed by atoms with Crippen molar-refractivity contribution in [3.8, 4) is 0 Å². The Morgan fingerprint density at radius 3 is 2.48 bits per heavy atom. The van der Waals surface area contributed by atoms with E-state index < -0.39 is 11.9 Å². The highest BCUT2D eigenvalue weighted by atomic mass is 16.6. The summed E-state index contributed by atoms with van der Waals surface area (Å²) in [6.07, 6.45) is 22.1. The van der Waals surface area contributed by atoms with Gasteiger partial charge in [-0.15, -0.1) is 0 Å². The van der Waals surface area contributed by atoms with Crippen molar-refractivity contribution in [2.24, 2.45) is 35.3 Å². The lowest BCUT2D eigenvalue weighted by atomic mass is 9.85. The molecule has 6 atom stereocenters. The van der Waals surface area contributed by atoms with Gasteiger partial charge in [0.1, 0.15) is 12.5 Å². The number of carbonyl (C=O) groups excluding carboxylic acids is 3. The molecule has 2 saturated heterocycles. The molecule has 7 rings (SSSR count). The highest BCUT2D eigenvalue weighted by Gasteiger charge is 2.48. The maximum Gasteiger partial charge on any atom is 0.321 e. The van der Waals surface area contributed by atoms with E-state index in [1.807, 2.05) is 32.1 Å². The second-order valence-corrected chi connectivity index (χ2v) is 19.5. The Balaban J connectivity index is 1.10. The second-order valence-electron chi connectivity index (χ2n) is 19.5. The van der Waals surface area contributed by atoms with Crippen LogP contribution in [-0.2, 0) is 30.2 Å². The van der Waals surface area contributed by atoms with E-state index in [-0.39, 0.29) is 54.7 Å². The fourth-order valence-electron chi connectivity index (χ4n) is 10.2. The van der Waals surface area contributed by atoms with E-state index in [2.05, 4.69) is 98.8 Å². The summed E-state index contributed by atoms with van der Waals surface area (Å²) >= 11 is 0. The number of H-pyrrole nitrogens is 3. The van der Waals surface area contributed by atoms with Crippen molar-refractivity contribution in [2.45, 2.75) is 112 Å². The highest BCUT2D eigenvalue weighted by molar-refractivity contribution is 6.24. The van der Waals surface area contributed by atoms with Crippen molar-refractivity contribution in [1.82, 2.24) is 20.3 Å².